The van der Waals surface area contributed by atoms with Gasteiger partial charge in [0.1, 0.15) is 5.60 Å². The average Bonchev–Trinajstić information content (AvgIpc) is 2.84. The van der Waals surface area contributed by atoms with Gasteiger partial charge in [-0.2, -0.15) is 4.98 Å². The van der Waals surface area contributed by atoms with Gasteiger partial charge in [-0.15, -0.1) is 0 Å². The van der Waals surface area contributed by atoms with E-state index in [4.69, 9.17) is 26.8 Å². The first kappa shape index (κ1) is 14.4. The highest BCUT2D eigenvalue weighted by Crippen LogP contribution is 2.43. The zero-order valence-corrected chi connectivity index (χ0v) is 13.3. The van der Waals surface area contributed by atoms with Crippen LogP contribution in [0.15, 0.2) is 6.20 Å². The van der Waals surface area contributed by atoms with E-state index < -0.39 is 6.35 Å². The molecule has 4 aliphatic rings. The Morgan fingerprint density at radius 3 is 2.77 bits per heavy atom. The summed E-state index contributed by atoms with van der Waals surface area (Å²) in [4.78, 5) is 13.0. The number of rotatable bonds is 2. The number of methoxy groups -OCH3 is 1. The van der Waals surface area contributed by atoms with E-state index in [1.54, 1.807) is 6.20 Å². The predicted molar refractivity (Wildman–Crippen MR) is 81.9 cm³/mol. The molecule has 1 aromatic rings. The van der Waals surface area contributed by atoms with Crippen LogP contribution in [0.25, 0.3) is 0 Å². The van der Waals surface area contributed by atoms with Gasteiger partial charge in [-0.05, 0) is 31.8 Å². The number of hydrogen-bond donors (Lipinski definition) is 1. The van der Waals surface area contributed by atoms with Gasteiger partial charge in [0.2, 0.25) is 5.95 Å². The maximum atomic E-state index is 6.20. The van der Waals surface area contributed by atoms with E-state index in [1.165, 1.54) is 20.0 Å². The minimum absolute atomic E-state index is 0.203. The highest BCUT2D eigenvalue weighted by atomic mass is 35.5. The van der Waals surface area contributed by atoms with Crippen molar-refractivity contribution in [3.05, 3.63) is 11.3 Å². The summed E-state index contributed by atoms with van der Waals surface area (Å²) in [5.41, 5.74) is 6.00. The minimum Gasteiger partial charge on any atom is -0.492 e. The lowest BCUT2D eigenvalue weighted by Crippen LogP contribution is -2.61. The zero-order valence-electron chi connectivity index (χ0n) is 12.5. The molecule has 2 bridgehead atoms. The van der Waals surface area contributed by atoms with Crippen molar-refractivity contribution < 1.29 is 9.47 Å². The standard InChI is InChI=1S/C14H20ClN5O2/c1-21-10-6-17-13(18-11(10)15)20-8-14(22-12(20)16)7-19-4-2-9(14)3-5-19/h6,9,12H,2-5,7-8,16H2,1H3. The summed E-state index contributed by atoms with van der Waals surface area (Å²) >= 11 is 6.10. The molecule has 4 aliphatic heterocycles. The molecule has 1 spiro atoms. The van der Waals surface area contributed by atoms with Crippen LogP contribution in [0, 0.1) is 5.92 Å². The van der Waals surface area contributed by atoms with Gasteiger partial charge in [-0.3, -0.25) is 10.6 Å². The number of anilines is 1. The molecule has 0 saturated carbocycles. The van der Waals surface area contributed by atoms with Gasteiger partial charge in [0, 0.05) is 6.54 Å². The van der Waals surface area contributed by atoms with Crippen molar-refractivity contribution in [2.24, 2.45) is 11.7 Å². The van der Waals surface area contributed by atoms with E-state index >= 15 is 0 Å². The third-order valence-electron chi connectivity index (χ3n) is 5.10. The molecule has 2 N–H and O–H groups in total. The minimum atomic E-state index is -0.537. The molecular formula is C14H20ClN5O2. The van der Waals surface area contributed by atoms with Crippen LogP contribution in [-0.4, -0.2) is 60.1 Å². The van der Waals surface area contributed by atoms with Crippen molar-refractivity contribution in [2.45, 2.75) is 24.8 Å². The Labute approximate surface area is 134 Å². The van der Waals surface area contributed by atoms with Gasteiger partial charge in [0.05, 0.1) is 19.9 Å². The molecule has 5 rings (SSSR count). The van der Waals surface area contributed by atoms with Crippen molar-refractivity contribution in [3.63, 3.8) is 0 Å². The van der Waals surface area contributed by atoms with Gasteiger partial charge >= 0.3 is 0 Å². The number of aromatic nitrogens is 2. The second-order valence-electron chi connectivity index (χ2n) is 6.28. The monoisotopic (exact) mass is 325 g/mol. The molecule has 0 amide bonds. The van der Waals surface area contributed by atoms with Gasteiger partial charge in [0.15, 0.2) is 17.3 Å². The van der Waals surface area contributed by atoms with Crippen LogP contribution in [-0.2, 0) is 4.74 Å². The average molecular weight is 326 g/mol. The summed E-state index contributed by atoms with van der Waals surface area (Å²) in [7, 11) is 1.54. The molecule has 5 heterocycles. The van der Waals surface area contributed by atoms with Gasteiger partial charge in [-0.25, -0.2) is 4.98 Å². The van der Waals surface area contributed by atoms with E-state index in [0.29, 0.717) is 24.2 Å². The van der Waals surface area contributed by atoms with Crippen molar-refractivity contribution in [3.8, 4) is 5.75 Å². The summed E-state index contributed by atoms with van der Waals surface area (Å²) in [5, 5.41) is 0.287. The fourth-order valence-electron chi connectivity index (χ4n) is 3.96. The molecule has 2 unspecified atom stereocenters. The summed E-state index contributed by atoms with van der Waals surface area (Å²) in [6.45, 7) is 3.97. The van der Waals surface area contributed by atoms with E-state index in [-0.39, 0.29) is 10.8 Å². The van der Waals surface area contributed by atoms with Crippen LogP contribution in [0.4, 0.5) is 5.95 Å². The normalized spacial score (nSPS) is 37.0. The Balaban J connectivity index is 1.60. The third kappa shape index (κ3) is 2.15. The molecule has 2 atom stereocenters. The Bertz CT molecular complexity index is 580. The predicted octanol–water partition coefficient (Wildman–Crippen LogP) is 0.682. The Morgan fingerprint density at radius 1 is 1.41 bits per heavy atom. The highest BCUT2D eigenvalue weighted by Gasteiger charge is 2.54. The second-order valence-corrected chi connectivity index (χ2v) is 6.64. The number of halogens is 1. The van der Waals surface area contributed by atoms with Crippen LogP contribution < -0.4 is 15.4 Å². The van der Waals surface area contributed by atoms with Crippen LogP contribution >= 0.6 is 11.6 Å². The van der Waals surface area contributed by atoms with E-state index in [9.17, 15) is 0 Å². The molecule has 4 fully saturated rings. The lowest BCUT2D eigenvalue weighted by atomic mass is 9.75. The fraction of sp³-hybridized carbons (Fsp3) is 0.714. The molecule has 0 radical (unpaired) electrons. The zero-order chi connectivity index (χ0) is 15.3. The number of hydrogen-bond acceptors (Lipinski definition) is 7. The van der Waals surface area contributed by atoms with E-state index in [1.807, 2.05) is 4.90 Å². The molecule has 22 heavy (non-hydrogen) atoms. The second kappa shape index (κ2) is 5.19. The van der Waals surface area contributed by atoms with Crippen molar-refractivity contribution in [1.82, 2.24) is 14.9 Å². The molecule has 7 nitrogen and oxygen atoms in total. The molecule has 8 heteroatoms. The summed E-state index contributed by atoms with van der Waals surface area (Å²) < 4.78 is 11.3. The molecule has 4 saturated heterocycles. The number of nitrogens with zero attached hydrogens (tertiary/aromatic N) is 4. The van der Waals surface area contributed by atoms with Gasteiger partial charge in [0.25, 0.3) is 0 Å². The van der Waals surface area contributed by atoms with E-state index in [0.717, 1.165) is 19.6 Å². The third-order valence-corrected chi connectivity index (χ3v) is 5.37. The highest BCUT2D eigenvalue weighted by molar-refractivity contribution is 6.30. The number of nitrogens with two attached hydrogens (primary N) is 1. The van der Waals surface area contributed by atoms with Crippen LogP contribution in [0.2, 0.25) is 5.15 Å². The van der Waals surface area contributed by atoms with Crippen molar-refractivity contribution >= 4 is 17.5 Å². The molecular weight excluding hydrogens is 306 g/mol. The number of fused-ring (bicyclic) bond motifs is 2. The smallest absolute Gasteiger partial charge is 0.230 e. The SMILES string of the molecule is COc1cnc(N2CC3(CN4CCC3CC4)OC2N)nc1Cl. The van der Waals surface area contributed by atoms with Crippen LogP contribution in [0.3, 0.4) is 0 Å². The first-order valence-corrected chi connectivity index (χ1v) is 7.98. The summed E-state index contributed by atoms with van der Waals surface area (Å²) in [6, 6.07) is 0. The number of piperidine rings is 3. The Kier molecular flexibility index (Phi) is 3.41. The van der Waals surface area contributed by atoms with E-state index in [2.05, 4.69) is 14.9 Å². The van der Waals surface area contributed by atoms with Crippen molar-refractivity contribution in [1.29, 1.82) is 0 Å². The molecule has 120 valence electrons. The van der Waals surface area contributed by atoms with Crippen LogP contribution in [0.1, 0.15) is 12.8 Å². The Morgan fingerprint density at radius 2 is 2.18 bits per heavy atom. The van der Waals surface area contributed by atoms with Crippen LogP contribution in [0.5, 0.6) is 5.75 Å². The van der Waals surface area contributed by atoms with Gasteiger partial charge in [-0.1, -0.05) is 11.6 Å². The summed E-state index contributed by atoms with van der Waals surface area (Å²) in [6.07, 6.45) is 3.37. The maximum Gasteiger partial charge on any atom is 0.230 e. The first-order valence-electron chi connectivity index (χ1n) is 7.60. The number of ether oxygens (including phenoxy) is 2. The molecule has 0 aromatic carbocycles. The molecule has 1 aromatic heterocycles. The quantitative estimate of drug-likeness (QED) is 0.801. The largest absolute Gasteiger partial charge is 0.492 e. The lowest BCUT2D eigenvalue weighted by molar-refractivity contribution is -0.137. The van der Waals surface area contributed by atoms with Gasteiger partial charge < -0.3 is 14.4 Å². The first-order chi connectivity index (χ1) is 10.6. The topological polar surface area (TPSA) is 76.7 Å². The molecule has 0 aliphatic carbocycles. The Hall–Kier alpha value is -1.15. The van der Waals surface area contributed by atoms with Crippen molar-refractivity contribution in [2.75, 3.05) is 38.2 Å². The maximum absolute atomic E-state index is 6.20. The lowest BCUT2D eigenvalue weighted by Gasteiger charge is -2.50. The fourth-order valence-corrected chi connectivity index (χ4v) is 4.16. The summed E-state index contributed by atoms with van der Waals surface area (Å²) in [5.74, 6) is 1.51.